The molecule has 2 heterocycles. The Kier molecular flexibility index (Phi) is 5.65. The van der Waals surface area contributed by atoms with E-state index in [4.69, 9.17) is 0 Å². The quantitative estimate of drug-likeness (QED) is 0.617. The molecule has 0 saturated heterocycles. The van der Waals surface area contributed by atoms with Crippen LogP contribution in [0.25, 0.3) is 10.8 Å². The molecule has 0 spiro atoms. The van der Waals surface area contributed by atoms with Crippen molar-refractivity contribution in [1.82, 2.24) is 9.97 Å². The molecule has 0 radical (unpaired) electrons. The van der Waals surface area contributed by atoms with Gasteiger partial charge in [0.1, 0.15) is 0 Å². The number of aromatic nitrogens is 2. The Morgan fingerprint density at radius 3 is 2.00 bits per heavy atom. The molecule has 0 fully saturated rings. The van der Waals surface area contributed by atoms with Crippen LogP contribution in [0.4, 0.5) is 0 Å². The monoisotopic (exact) mass is 292 g/mol. The summed E-state index contributed by atoms with van der Waals surface area (Å²) in [4.78, 5) is 8.04. The number of hydrogen-bond donors (Lipinski definition) is 0. The smallest absolute Gasteiger partial charge is 0.0346 e. The second kappa shape index (κ2) is 7.69. The number of benzene rings is 1. The molecule has 2 nitrogen and oxygen atoms in total. The molecule has 0 aliphatic rings. The molecule has 3 rings (SSSR count). The van der Waals surface area contributed by atoms with Crippen molar-refractivity contribution in [2.24, 2.45) is 0 Å². The number of pyridine rings is 2. The summed E-state index contributed by atoms with van der Waals surface area (Å²) in [6.45, 7) is 8.79. The zero-order valence-electron chi connectivity index (χ0n) is 13.8. The minimum absolute atomic E-state index is 0.575. The Balaban J connectivity index is 0.000000172. The summed E-state index contributed by atoms with van der Waals surface area (Å²) in [5.41, 5.74) is 2.75. The van der Waals surface area contributed by atoms with Crippen LogP contribution in [0.2, 0.25) is 0 Å². The van der Waals surface area contributed by atoms with Crippen molar-refractivity contribution < 1.29 is 0 Å². The third-order valence-electron chi connectivity index (χ3n) is 3.71. The van der Waals surface area contributed by atoms with Gasteiger partial charge >= 0.3 is 0 Å². The molecule has 1 aromatic carbocycles. The number of hydrogen-bond acceptors (Lipinski definition) is 2. The predicted octanol–water partition coefficient (Wildman–Crippen LogP) is 5.56. The molecule has 2 aromatic heterocycles. The molecule has 0 N–H and O–H groups in total. The largest absolute Gasteiger partial charge is 0.265 e. The second-order valence-corrected chi connectivity index (χ2v) is 6.03. The summed E-state index contributed by atoms with van der Waals surface area (Å²) in [6.07, 6.45) is 7.43. The summed E-state index contributed by atoms with van der Waals surface area (Å²) in [5.74, 6) is 1.19. The number of fused-ring (bicyclic) bond motifs is 1. The van der Waals surface area contributed by atoms with Gasteiger partial charge in [-0.3, -0.25) is 9.97 Å². The molecule has 0 saturated carbocycles. The van der Waals surface area contributed by atoms with Crippen LogP contribution < -0.4 is 0 Å². The first-order chi connectivity index (χ1) is 10.6. The Morgan fingerprint density at radius 1 is 0.727 bits per heavy atom. The highest BCUT2D eigenvalue weighted by Gasteiger charge is 2.03. The molecule has 0 unspecified atom stereocenters. The van der Waals surface area contributed by atoms with Crippen LogP contribution in [0.1, 0.15) is 50.7 Å². The highest BCUT2D eigenvalue weighted by molar-refractivity contribution is 5.85. The van der Waals surface area contributed by atoms with Crippen LogP contribution in [0.3, 0.4) is 0 Å². The molecule has 0 atom stereocenters. The van der Waals surface area contributed by atoms with Gasteiger partial charge in [0.15, 0.2) is 0 Å². The lowest BCUT2D eigenvalue weighted by molar-refractivity contribution is 0.863. The second-order valence-electron chi connectivity index (χ2n) is 6.03. The normalized spacial score (nSPS) is 10.6. The molecule has 0 aliphatic carbocycles. The Morgan fingerprint density at radius 2 is 1.41 bits per heavy atom. The van der Waals surface area contributed by atoms with E-state index in [1.807, 2.05) is 36.9 Å². The molecule has 0 amide bonds. The Bertz CT molecular complexity index is 698. The van der Waals surface area contributed by atoms with Crippen molar-refractivity contribution in [2.45, 2.75) is 39.5 Å². The molecule has 0 aliphatic heterocycles. The highest BCUT2D eigenvalue weighted by Crippen LogP contribution is 2.23. The first-order valence-corrected chi connectivity index (χ1v) is 7.82. The average Bonchev–Trinajstić information content (AvgIpc) is 2.55. The number of rotatable bonds is 2. The van der Waals surface area contributed by atoms with Gasteiger partial charge in [0.2, 0.25) is 0 Å². The van der Waals surface area contributed by atoms with Gasteiger partial charge in [-0.1, -0.05) is 45.9 Å². The molecular formula is C20H24N2. The van der Waals surface area contributed by atoms with Gasteiger partial charge in [-0.2, -0.15) is 0 Å². The Labute approximate surface area is 133 Å². The van der Waals surface area contributed by atoms with Gasteiger partial charge in [-0.15, -0.1) is 0 Å². The van der Waals surface area contributed by atoms with E-state index in [0.717, 1.165) is 0 Å². The maximum absolute atomic E-state index is 4.11. The van der Waals surface area contributed by atoms with Gasteiger partial charge < -0.3 is 0 Å². The fourth-order valence-corrected chi connectivity index (χ4v) is 2.40. The topological polar surface area (TPSA) is 25.8 Å². The lowest BCUT2D eigenvalue weighted by Gasteiger charge is -2.08. The van der Waals surface area contributed by atoms with Crippen LogP contribution >= 0.6 is 0 Å². The molecule has 2 heteroatoms. The van der Waals surface area contributed by atoms with Crippen molar-refractivity contribution in [1.29, 1.82) is 0 Å². The lowest BCUT2D eigenvalue weighted by Crippen LogP contribution is -1.88. The van der Waals surface area contributed by atoms with E-state index in [9.17, 15) is 0 Å². The Hall–Kier alpha value is -2.22. The van der Waals surface area contributed by atoms with Crippen LogP contribution in [0, 0.1) is 0 Å². The summed E-state index contributed by atoms with van der Waals surface area (Å²) in [7, 11) is 0. The van der Waals surface area contributed by atoms with Crippen molar-refractivity contribution in [3.8, 4) is 0 Å². The zero-order chi connectivity index (χ0) is 15.9. The van der Waals surface area contributed by atoms with Crippen LogP contribution in [-0.2, 0) is 0 Å². The first kappa shape index (κ1) is 16.2. The third kappa shape index (κ3) is 4.14. The first-order valence-electron chi connectivity index (χ1n) is 7.82. The van der Waals surface area contributed by atoms with Gasteiger partial charge in [-0.05, 0) is 46.5 Å². The SMILES string of the molecule is CC(C)c1cccc2cnccc12.CC(C)c1ccncc1. The van der Waals surface area contributed by atoms with Crippen molar-refractivity contribution in [3.05, 3.63) is 72.3 Å². The fourth-order valence-electron chi connectivity index (χ4n) is 2.40. The maximum Gasteiger partial charge on any atom is 0.0346 e. The van der Waals surface area contributed by atoms with Crippen LogP contribution in [-0.4, -0.2) is 9.97 Å². The minimum Gasteiger partial charge on any atom is -0.265 e. The third-order valence-corrected chi connectivity index (χ3v) is 3.71. The summed E-state index contributed by atoms with van der Waals surface area (Å²) in [6, 6.07) is 12.6. The van der Waals surface area contributed by atoms with E-state index in [-0.39, 0.29) is 0 Å². The summed E-state index contributed by atoms with van der Waals surface area (Å²) < 4.78 is 0. The van der Waals surface area contributed by atoms with E-state index >= 15 is 0 Å². The van der Waals surface area contributed by atoms with Crippen molar-refractivity contribution >= 4 is 10.8 Å². The summed E-state index contributed by atoms with van der Waals surface area (Å²) in [5, 5.41) is 2.56. The van der Waals surface area contributed by atoms with E-state index in [1.165, 1.54) is 21.9 Å². The standard InChI is InChI=1S/C12H13N.C8H11N/c1-9(2)11-5-3-4-10-8-13-7-6-12(10)11;1-7(2)8-3-5-9-6-4-8/h3-9H,1-2H3;3-7H,1-2H3. The summed E-state index contributed by atoms with van der Waals surface area (Å²) >= 11 is 0. The van der Waals surface area contributed by atoms with Crippen LogP contribution in [0.15, 0.2) is 61.2 Å². The number of nitrogens with zero attached hydrogens (tertiary/aromatic N) is 2. The minimum atomic E-state index is 0.575. The van der Waals surface area contributed by atoms with Crippen LogP contribution in [0.5, 0.6) is 0 Å². The van der Waals surface area contributed by atoms with Gasteiger partial charge in [-0.25, -0.2) is 0 Å². The van der Waals surface area contributed by atoms with Gasteiger partial charge in [0.25, 0.3) is 0 Å². The van der Waals surface area contributed by atoms with Crippen molar-refractivity contribution in [2.75, 3.05) is 0 Å². The molecule has 3 aromatic rings. The molecule has 114 valence electrons. The van der Waals surface area contributed by atoms with Gasteiger partial charge in [0.05, 0.1) is 0 Å². The highest BCUT2D eigenvalue weighted by atomic mass is 14.6. The van der Waals surface area contributed by atoms with E-state index in [2.05, 4.69) is 61.9 Å². The molecule has 0 bridgehead atoms. The fraction of sp³-hybridized carbons (Fsp3) is 0.300. The van der Waals surface area contributed by atoms with Gasteiger partial charge in [0, 0.05) is 30.2 Å². The predicted molar refractivity (Wildman–Crippen MR) is 94.2 cm³/mol. The molecule has 22 heavy (non-hydrogen) atoms. The van der Waals surface area contributed by atoms with Crippen molar-refractivity contribution in [3.63, 3.8) is 0 Å². The average molecular weight is 292 g/mol. The molecular weight excluding hydrogens is 268 g/mol. The van der Waals surface area contributed by atoms with E-state index in [0.29, 0.717) is 11.8 Å². The van der Waals surface area contributed by atoms with E-state index < -0.39 is 0 Å². The maximum atomic E-state index is 4.11. The van der Waals surface area contributed by atoms with E-state index in [1.54, 1.807) is 0 Å². The zero-order valence-corrected chi connectivity index (χ0v) is 13.8. The lowest BCUT2D eigenvalue weighted by atomic mass is 9.97.